The zero-order chi connectivity index (χ0) is 13.8. The Labute approximate surface area is 144 Å². The van der Waals surface area contributed by atoms with Gasteiger partial charge in [-0.25, -0.2) is 4.39 Å². The molecule has 2 N–H and O–H groups in total. The van der Waals surface area contributed by atoms with E-state index in [9.17, 15) is 4.39 Å². The molecule has 1 fully saturated rings. The first-order valence-corrected chi connectivity index (χ1v) is 7.03. The molecule has 7 heteroatoms. The number of guanidine groups is 1. The van der Waals surface area contributed by atoms with Crippen LogP contribution in [0.25, 0.3) is 0 Å². The molecule has 1 aromatic rings. The molecule has 0 saturated carbocycles. The van der Waals surface area contributed by atoms with E-state index in [-0.39, 0.29) is 29.8 Å². The molecule has 1 aliphatic heterocycles. The van der Waals surface area contributed by atoms with Crippen molar-refractivity contribution in [3.63, 3.8) is 0 Å². The largest absolute Gasteiger partial charge is 0.370 e. The fourth-order valence-electron chi connectivity index (χ4n) is 2.17. The van der Waals surface area contributed by atoms with Crippen LogP contribution in [0.4, 0.5) is 4.39 Å². The second kappa shape index (κ2) is 8.14. The third kappa shape index (κ3) is 4.56. The van der Waals surface area contributed by atoms with Crippen molar-refractivity contribution in [2.45, 2.75) is 6.54 Å². The molecule has 1 saturated heterocycles. The highest BCUT2D eigenvalue weighted by atomic mass is 127. The summed E-state index contributed by atoms with van der Waals surface area (Å²) in [6.45, 7) is 4.31. The van der Waals surface area contributed by atoms with Gasteiger partial charge in [0.15, 0.2) is 5.96 Å². The average molecular weight is 457 g/mol. The van der Waals surface area contributed by atoms with Crippen molar-refractivity contribution in [1.29, 1.82) is 0 Å². The van der Waals surface area contributed by atoms with E-state index < -0.39 is 0 Å². The molecule has 1 aliphatic rings. The molecule has 0 bridgehead atoms. The maximum Gasteiger partial charge on any atom is 0.191 e. The first-order chi connectivity index (χ1) is 9.10. The van der Waals surface area contributed by atoms with Gasteiger partial charge in [-0.05, 0) is 33.6 Å². The molecular weight excluding hydrogens is 438 g/mol. The Morgan fingerprint density at radius 2 is 2.00 bits per heavy atom. The SMILES string of the molecule is CN=C(N)N1CCN(Cc2ccc(Br)c(F)c2)CC1.I. The van der Waals surface area contributed by atoms with Crippen molar-refractivity contribution in [2.75, 3.05) is 33.2 Å². The number of benzene rings is 1. The van der Waals surface area contributed by atoms with Crippen LogP contribution in [0.1, 0.15) is 5.56 Å². The van der Waals surface area contributed by atoms with Gasteiger partial charge in [0, 0.05) is 39.8 Å². The lowest BCUT2D eigenvalue weighted by Gasteiger charge is -2.35. The van der Waals surface area contributed by atoms with Crippen LogP contribution < -0.4 is 5.73 Å². The standard InChI is InChI=1S/C13H18BrFN4.HI/c1-17-13(16)19-6-4-18(5-7-19)9-10-2-3-11(14)12(15)8-10;/h2-3,8H,4-7,9H2,1H3,(H2,16,17);1H. The van der Waals surface area contributed by atoms with Crippen LogP contribution in [0, 0.1) is 5.82 Å². The fourth-order valence-corrected chi connectivity index (χ4v) is 2.42. The fraction of sp³-hybridized carbons (Fsp3) is 0.462. The van der Waals surface area contributed by atoms with Gasteiger partial charge >= 0.3 is 0 Å². The van der Waals surface area contributed by atoms with Gasteiger partial charge in [0.1, 0.15) is 5.82 Å². The van der Waals surface area contributed by atoms with Crippen LogP contribution >= 0.6 is 39.9 Å². The summed E-state index contributed by atoms with van der Waals surface area (Å²) in [5, 5.41) is 0. The van der Waals surface area contributed by atoms with Gasteiger partial charge in [0.2, 0.25) is 0 Å². The molecule has 112 valence electrons. The van der Waals surface area contributed by atoms with E-state index in [1.54, 1.807) is 19.2 Å². The smallest absolute Gasteiger partial charge is 0.191 e. The number of hydrogen-bond donors (Lipinski definition) is 1. The van der Waals surface area contributed by atoms with Crippen molar-refractivity contribution in [1.82, 2.24) is 9.80 Å². The normalized spacial score (nSPS) is 16.9. The Hall–Kier alpha value is -0.410. The van der Waals surface area contributed by atoms with Gasteiger partial charge in [0.05, 0.1) is 4.47 Å². The van der Waals surface area contributed by atoms with Crippen molar-refractivity contribution in [3.05, 3.63) is 34.1 Å². The Kier molecular flexibility index (Phi) is 7.18. The van der Waals surface area contributed by atoms with Gasteiger partial charge in [-0.3, -0.25) is 9.89 Å². The van der Waals surface area contributed by atoms with E-state index in [1.807, 2.05) is 6.07 Å². The maximum atomic E-state index is 13.4. The number of aliphatic imine (C=N–C) groups is 1. The van der Waals surface area contributed by atoms with Gasteiger partial charge in [-0.15, -0.1) is 24.0 Å². The van der Waals surface area contributed by atoms with E-state index in [0.29, 0.717) is 10.4 Å². The Bertz CT molecular complexity index is 475. The summed E-state index contributed by atoms with van der Waals surface area (Å²) < 4.78 is 13.9. The molecule has 1 heterocycles. The predicted molar refractivity (Wildman–Crippen MR) is 93.9 cm³/mol. The molecule has 0 aliphatic carbocycles. The van der Waals surface area contributed by atoms with E-state index >= 15 is 0 Å². The topological polar surface area (TPSA) is 44.9 Å². The molecule has 20 heavy (non-hydrogen) atoms. The molecule has 0 spiro atoms. The lowest BCUT2D eigenvalue weighted by atomic mass is 10.2. The van der Waals surface area contributed by atoms with Gasteiger partial charge in [0.25, 0.3) is 0 Å². The summed E-state index contributed by atoms with van der Waals surface area (Å²) in [5.74, 6) is 0.382. The van der Waals surface area contributed by atoms with Crippen LogP contribution in [0.5, 0.6) is 0 Å². The first-order valence-electron chi connectivity index (χ1n) is 6.23. The number of piperazine rings is 1. The molecule has 0 amide bonds. The first kappa shape index (κ1) is 17.6. The summed E-state index contributed by atoms with van der Waals surface area (Å²) in [6, 6.07) is 5.28. The lowest BCUT2D eigenvalue weighted by molar-refractivity contribution is 0.174. The van der Waals surface area contributed by atoms with Crippen LogP contribution in [0.15, 0.2) is 27.7 Å². The summed E-state index contributed by atoms with van der Waals surface area (Å²) in [7, 11) is 1.70. The Morgan fingerprint density at radius 3 is 2.55 bits per heavy atom. The summed E-state index contributed by atoms with van der Waals surface area (Å²) >= 11 is 3.16. The van der Waals surface area contributed by atoms with Gasteiger partial charge < -0.3 is 10.6 Å². The summed E-state index contributed by atoms with van der Waals surface area (Å²) in [6.07, 6.45) is 0. The monoisotopic (exact) mass is 456 g/mol. The number of rotatable bonds is 2. The summed E-state index contributed by atoms with van der Waals surface area (Å²) in [4.78, 5) is 8.35. The van der Waals surface area contributed by atoms with Crippen LogP contribution in [-0.2, 0) is 6.54 Å². The summed E-state index contributed by atoms with van der Waals surface area (Å²) in [5.41, 5.74) is 6.78. The number of hydrogen-bond acceptors (Lipinski definition) is 2. The quantitative estimate of drug-likeness (QED) is 0.422. The molecule has 0 aromatic heterocycles. The third-order valence-corrected chi connectivity index (χ3v) is 3.96. The van der Waals surface area contributed by atoms with E-state index in [4.69, 9.17) is 5.73 Å². The highest BCUT2D eigenvalue weighted by molar-refractivity contribution is 14.0. The van der Waals surface area contributed by atoms with Crippen LogP contribution in [-0.4, -0.2) is 49.0 Å². The second-order valence-electron chi connectivity index (χ2n) is 4.59. The van der Waals surface area contributed by atoms with Gasteiger partial charge in [-0.2, -0.15) is 0 Å². The Morgan fingerprint density at radius 1 is 1.35 bits per heavy atom. The molecule has 0 unspecified atom stereocenters. The molecule has 0 atom stereocenters. The van der Waals surface area contributed by atoms with E-state index in [2.05, 4.69) is 30.7 Å². The molecule has 1 aromatic carbocycles. The highest BCUT2D eigenvalue weighted by Gasteiger charge is 2.18. The van der Waals surface area contributed by atoms with Crippen molar-refractivity contribution in [2.24, 2.45) is 10.7 Å². The second-order valence-corrected chi connectivity index (χ2v) is 5.45. The number of halogens is 3. The van der Waals surface area contributed by atoms with Crippen LogP contribution in [0.2, 0.25) is 0 Å². The maximum absolute atomic E-state index is 13.4. The molecule has 4 nitrogen and oxygen atoms in total. The minimum atomic E-state index is -0.210. The third-order valence-electron chi connectivity index (χ3n) is 3.32. The lowest BCUT2D eigenvalue weighted by Crippen LogP contribution is -2.50. The van der Waals surface area contributed by atoms with E-state index in [1.165, 1.54) is 0 Å². The molecule has 2 rings (SSSR count). The number of nitrogens with zero attached hydrogens (tertiary/aromatic N) is 3. The zero-order valence-corrected chi connectivity index (χ0v) is 15.3. The minimum Gasteiger partial charge on any atom is -0.370 e. The van der Waals surface area contributed by atoms with Crippen LogP contribution in [0.3, 0.4) is 0 Å². The Balaban J connectivity index is 0.00000200. The van der Waals surface area contributed by atoms with Crippen molar-refractivity contribution in [3.8, 4) is 0 Å². The van der Waals surface area contributed by atoms with E-state index in [0.717, 1.165) is 38.3 Å². The van der Waals surface area contributed by atoms with Gasteiger partial charge in [-0.1, -0.05) is 6.07 Å². The minimum absolute atomic E-state index is 0. The molecule has 0 radical (unpaired) electrons. The highest BCUT2D eigenvalue weighted by Crippen LogP contribution is 2.17. The average Bonchev–Trinajstić information content (AvgIpc) is 2.43. The van der Waals surface area contributed by atoms with Crippen molar-refractivity contribution < 1.29 is 4.39 Å². The number of nitrogens with two attached hydrogens (primary N) is 1. The van der Waals surface area contributed by atoms with Crippen molar-refractivity contribution >= 4 is 45.9 Å². The zero-order valence-electron chi connectivity index (χ0n) is 11.4. The molecular formula is C13H19BrFIN4. The predicted octanol–water partition coefficient (Wildman–Crippen LogP) is 2.27.